The number of hydrazine groups is 1. The van der Waals surface area contributed by atoms with Gasteiger partial charge in [0.2, 0.25) is 0 Å². The Kier molecular flexibility index (Phi) is 7.41. The number of ether oxygens (including phenoxy) is 3. The number of carbonyl (C=O) groups excluding carboxylic acids is 2. The monoisotopic (exact) mass is 314 g/mol. The second kappa shape index (κ2) is 9.09. The molecule has 1 aromatic carbocycles. The number of benzene rings is 1. The van der Waals surface area contributed by atoms with E-state index in [0.29, 0.717) is 29.2 Å². The predicted octanol–water partition coefficient (Wildman–Crippen LogP) is 1.45. The molecule has 0 aromatic heterocycles. The molecule has 0 aliphatic rings. The van der Waals surface area contributed by atoms with Crippen LogP contribution in [0.3, 0.4) is 0 Å². The molecule has 0 aliphatic heterocycles. The number of hydrogen-bond acceptors (Lipinski definition) is 7. The summed E-state index contributed by atoms with van der Waals surface area (Å²) in [5, 5.41) is 0. The molecule has 3 N–H and O–H groups in total. The highest BCUT2D eigenvalue weighted by Gasteiger charge is 2.11. The largest absolute Gasteiger partial charge is 0.493 e. The lowest BCUT2D eigenvalue weighted by atomic mass is 10.2. The van der Waals surface area contributed by atoms with Crippen LogP contribution in [0, 0.1) is 0 Å². The lowest BCUT2D eigenvalue weighted by Crippen LogP contribution is -2.30. The second-order valence-electron chi connectivity index (χ2n) is 3.92. The number of nitrogens with two attached hydrogens (primary N) is 1. The number of carbonyl (C=O) groups is 2. The zero-order valence-electron chi connectivity index (χ0n) is 11.9. The van der Waals surface area contributed by atoms with E-state index in [1.165, 1.54) is 7.11 Å². The Balaban J connectivity index is 2.69. The highest BCUT2D eigenvalue weighted by molar-refractivity contribution is 7.98. The molecular weight excluding hydrogens is 296 g/mol. The van der Waals surface area contributed by atoms with Crippen molar-refractivity contribution in [2.45, 2.75) is 13.0 Å². The first-order chi connectivity index (χ1) is 10.1. The number of rotatable bonds is 7. The van der Waals surface area contributed by atoms with Crippen LogP contribution in [-0.2, 0) is 16.1 Å². The molecule has 0 heterocycles. The summed E-state index contributed by atoms with van der Waals surface area (Å²) in [6.07, 6.45) is 1.51. The van der Waals surface area contributed by atoms with Crippen LogP contribution in [0.1, 0.15) is 12.0 Å². The van der Waals surface area contributed by atoms with Gasteiger partial charge in [0, 0.05) is 5.75 Å². The Morgan fingerprint density at radius 2 is 2.10 bits per heavy atom. The minimum Gasteiger partial charge on any atom is -0.493 e. The number of amides is 1. The van der Waals surface area contributed by atoms with E-state index in [-0.39, 0.29) is 12.6 Å². The molecule has 0 atom stereocenters. The van der Waals surface area contributed by atoms with Crippen LogP contribution in [-0.4, -0.2) is 31.2 Å². The minimum absolute atomic E-state index is 0.0279. The van der Waals surface area contributed by atoms with Crippen LogP contribution in [0.15, 0.2) is 18.2 Å². The molecule has 0 bridgehead atoms. The number of thioether (sulfide) groups is 1. The number of hydrogen-bond donors (Lipinski definition) is 2. The topological polar surface area (TPSA) is 99.9 Å². The van der Waals surface area contributed by atoms with Crippen molar-refractivity contribution in [1.29, 1.82) is 0 Å². The molecule has 1 aromatic rings. The van der Waals surface area contributed by atoms with Gasteiger partial charge in [0.15, 0.2) is 11.5 Å². The van der Waals surface area contributed by atoms with Gasteiger partial charge in [0.05, 0.1) is 13.5 Å². The zero-order valence-corrected chi connectivity index (χ0v) is 12.7. The fourth-order valence-electron chi connectivity index (χ4n) is 1.44. The van der Waals surface area contributed by atoms with Gasteiger partial charge in [-0.1, -0.05) is 6.07 Å². The standard InChI is InChI=1S/C13H18N2O5S/c1-18-11-7-9(8-19-13(17)15-14)3-4-10(11)20-12(16)5-6-21-2/h3-4,7H,5-6,8,14H2,1-2H3,(H,15,17). The van der Waals surface area contributed by atoms with Gasteiger partial charge in [-0.3, -0.25) is 10.2 Å². The van der Waals surface area contributed by atoms with Crippen molar-refractivity contribution in [1.82, 2.24) is 5.43 Å². The average Bonchev–Trinajstić information content (AvgIpc) is 2.51. The van der Waals surface area contributed by atoms with E-state index in [2.05, 4.69) is 0 Å². The SMILES string of the molecule is COc1cc(COC(=O)NN)ccc1OC(=O)CCSC. The first-order valence-corrected chi connectivity index (χ1v) is 7.50. The quantitative estimate of drug-likeness (QED) is 0.258. The Morgan fingerprint density at radius 1 is 1.33 bits per heavy atom. The Labute approximate surface area is 127 Å². The van der Waals surface area contributed by atoms with E-state index in [0.717, 1.165) is 0 Å². The molecule has 21 heavy (non-hydrogen) atoms. The molecule has 116 valence electrons. The van der Waals surface area contributed by atoms with Crippen molar-refractivity contribution >= 4 is 23.8 Å². The maximum atomic E-state index is 11.6. The van der Waals surface area contributed by atoms with E-state index in [9.17, 15) is 9.59 Å². The van der Waals surface area contributed by atoms with Gasteiger partial charge >= 0.3 is 12.1 Å². The van der Waals surface area contributed by atoms with Gasteiger partial charge in [0.25, 0.3) is 0 Å². The first kappa shape index (κ1) is 17.1. The third-order valence-electron chi connectivity index (χ3n) is 2.45. The molecule has 7 nitrogen and oxygen atoms in total. The summed E-state index contributed by atoms with van der Waals surface area (Å²) in [5.74, 6) is 5.99. The Hall–Kier alpha value is -1.93. The summed E-state index contributed by atoms with van der Waals surface area (Å²) in [4.78, 5) is 22.5. The van der Waals surface area contributed by atoms with Gasteiger partial charge in [-0.2, -0.15) is 11.8 Å². The summed E-state index contributed by atoms with van der Waals surface area (Å²) in [7, 11) is 1.46. The Bertz CT molecular complexity index is 495. The normalized spacial score (nSPS) is 9.86. The van der Waals surface area contributed by atoms with Crippen LogP contribution in [0.2, 0.25) is 0 Å². The van der Waals surface area contributed by atoms with Crippen molar-refractivity contribution in [2.75, 3.05) is 19.1 Å². The van der Waals surface area contributed by atoms with Gasteiger partial charge in [-0.25, -0.2) is 10.6 Å². The summed E-state index contributed by atoms with van der Waals surface area (Å²) in [6, 6.07) is 4.89. The van der Waals surface area contributed by atoms with E-state index in [1.54, 1.807) is 30.0 Å². The van der Waals surface area contributed by atoms with Gasteiger partial charge in [-0.15, -0.1) is 0 Å². The highest BCUT2D eigenvalue weighted by Crippen LogP contribution is 2.28. The molecule has 0 aliphatic carbocycles. The second-order valence-corrected chi connectivity index (χ2v) is 4.91. The summed E-state index contributed by atoms with van der Waals surface area (Å²) in [6.45, 7) is 0.0279. The molecular formula is C13H18N2O5S. The first-order valence-electron chi connectivity index (χ1n) is 6.10. The van der Waals surface area contributed by atoms with E-state index < -0.39 is 6.09 Å². The Morgan fingerprint density at radius 3 is 2.71 bits per heavy atom. The fourth-order valence-corrected chi connectivity index (χ4v) is 1.81. The lowest BCUT2D eigenvalue weighted by Gasteiger charge is -2.11. The van der Waals surface area contributed by atoms with Gasteiger partial charge < -0.3 is 14.2 Å². The molecule has 1 amide bonds. The van der Waals surface area contributed by atoms with Crippen molar-refractivity contribution in [3.8, 4) is 11.5 Å². The lowest BCUT2D eigenvalue weighted by molar-refractivity contribution is -0.134. The van der Waals surface area contributed by atoms with Crippen LogP contribution in [0.5, 0.6) is 11.5 Å². The van der Waals surface area contributed by atoms with Crippen molar-refractivity contribution in [2.24, 2.45) is 5.84 Å². The molecule has 8 heteroatoms. The van der Waals surface area contributed by atoms with E-state index >= 15 is 0 Å². The van der Waals surface area contributed by atoms with Gasteiger partial charge in [0.1, 0.15) is 6.61 Å². The average molecular weight is 314 g/mol. The van der Waals surface area contributed by atoms with Crippen LogP contribution >= 0.6 is 11.8 Å². The third-order valence-corrected chi connectivity index (χ3v) is 3.06. The maximum absolute atomic E-state index is 11.6. The smallest absolute Gasteiger partial charge is 0.421 e. The van der Waals surface area contributed by atoms with Gasteiger partial charge in [-0.05, 0) is 24.0 Å². The van der Waals surface area contributed by atoms with Crippen molar-refractivity contribution in [3.05, 3.63) is 23.8 Å². The molecule has 0 radical (unpaired) electrons. The number of methoxy groups -OCH3 is 1. The van der Waals surface area contributed by atoms with E-state index in [1.807, 2.05) is 11.7 Å². The van der Waals surface area contributed by atoms with Crippen LogP contribution in [0.4, 0.5) is 4.79 Å². The highest BCUT2D eigenvalue weighted by atomic mass is 32.2. The fraction of sp³-hybridized carbons (Fsp3) is 0.385. The molecule has 1 rings (SSSR count). The summed E-state index contributed by atoms with van der Waals surface area (Å²) < 4.78 is 15.2. The third kappa shape index (κ3) is 5.92. The maximum Gasteiger partial charge on any atom is 0.421 e. The molecule has 0 saturated carbocycles. The van der Waals surface area contributed by atoms with E-state index in [4.69, 9.17) is 20.1 Å². The van der Waals surface area contributed by atoms with Crippen molar-refractivity contribution in [3.63, 3.8) is 0 Å². The molecule has 0 fully saturated rings. The predicted molar refractivity (Wildman–Crippen MR) is 79.1 cm³/mol. The number of esters is 1. The van der Waals surface area contributed by atoms with Crippen molar-refractivity contribution < 1.29 is 23.8 Å². The summed E-state index contributed by atoms with van der Waals surface area (Å²) in [5.41, 5.74) is 2.54. The molecule has 0 unspecified atom stereocenters. The molecule has 0 saturated heterocycles. The zero-order chi connectivity index (χ0) is 15.7. The minimum atomic E-state index is -0.735. The number of nitrogens with one attached hydrogen (secondary N) is 1. The summed E-state index contributed by atoms with van der Waals surface area (Å²) >= 11 is 1.57. The van der Waals surface area contributed by atoms with Crippen LogP contribution < -0.4 is 20.7 Å². The molecule has 0 spiro atoms. The van der Waals surface area contributed by atoms with Crippen LogP contribution in [0.25, 0.3) is 0 Å².